The number of hydrogen-bond donors (Lipinski definition) is 0. The van der Waals surface area contributed by atoms with E-state index in [1.807, 2.05) is 12.1 Å². The first-order chi connectivity index (χ1) is 14.7. The number of benzene rings is 3. The van der Waals surface area contributed by atoms with Crippen molar-refractivity contribution in [3.63, 3.8) is 0 Å². The van der Waals surface area contributed by atoms with Crippen LogP contribution in [-0.2, 0) is 9.84 Å². The van der Waals surface area contributed by atoms with Crippen LogP contribution in [0, 0.1) is 9.52 Å². The summed E-state index contributed by atoms with van der Waals surface area (Å²) in [5, 5.41) is 5.33. The predicted octanol–water partition coefficient (Wildman–Crippen LogP) is 6.49. The molecule has 3 aromatic carbocycles. The zero-order valence-electron chi connectivity index (χ0n) is 16.1. The number of aromatic nitrogens is 2. The molecule has 9 heteroatoms. The van der Waals surface area contributed by atoms with Crippen molar-refractivity contribution >= 4 is 55.8 Å². The molecule has 0 spiro atoms. The average molecular weight is 585 g/mol. The summed E-state index contributed by atoms with van der Waals surface area (Å²) in [6, 6.07) is 20.4. The minimum atomic E-state index is -3.31. The fourth-order valence-electron chi connectivity index (χ4n) is 2.93. The van der Waals surface area contributed by atoms with Gasteiger partial charge in [0.25, 0.3) is 0 Å². The van der Waals surface area contributed by atoms with Crippen molar-refractivity contribution in [2.24, 2.45) is 0 Å². The third-order valence-electron chi connectivity index (χ3n) is 4.46. The first-order valence-corrected chi connectivity index (χ1v) is 13.2. The second kappa shape index (κ2) is 8.93. The highest BCUT2D eigenvalue weighted by Gasteiger charge is 2.21. The Morgan fingerprint density at radius 1 is 1.00 bits per heavy atom. The maximum Gasteiger partial charge on any atom is 0.175 e. The molecular formula is C22H15ClFIN2O2S2. The topological polar surface area (TPSA) is 52.0 Å². The van der Waals surface area contributed by atoms with Crippen LogP contribution in [0.3, 0.4) is 0 Å². The largest absolute Gasteiger partial charge is 0.224 e. The molecule has 0 bridgehead atoms. The fourth-order valence-corrected chi connectivity index (χ4v) is 5.57. The van der Waals surface area contributed by atoms with Crippen molar-refractivity contribution in [3.8, 4) is 16.9 Å². The van der Waals surface area contributed by atoms with Crippen molar-refractivity contribution in [1.29, 1.82) is 0 Å². The van der Waals surface area contributed by atoms with E-state index in [9.17, 15) is 12.8 Å². The summed E-state index contributed by atoms with van der Waals surface area (Å²) in [4.78, 5) is 2.01. The van der Waals surface area contributed by atoms with E-state index < -0.39 is 9.84 Å². The summed E-state index contributed by atoms with van der Waals surface area (Å²) in [5.41, 5.74) is 1.70. The Kier molecular flexibility index (Phi) is 6.43. The zero-order valence-corrected chi connectivity index (χ0v) is 20.6. The maximum atomic E-state index is 14.5. The zero-order chi connectivity index (χ0) is 22.2. The molecule has 0 unspecified atom stereocenters. The van der Waals surface area contributed by atoms with Crippen LogP contribution in [0.4, 0.5) is 4.39 Å². The van der Waals surface area contributed by atoms with E-state index in [0.29, 0.717) is 16.4 Å². The average Bonchev–Trinajstić information content (AvgIpc) is 3.06. The number of nitrogens with zero attached hydrogens (tertiary/aromatic N) is 2. The highest BCUT2D eigenvalue weighted by atomic mass is 127. The lowest BCUT2D eigenvalue weighted by Gasteiger charge is -2.06. The fraction of sp³-hybridized carbons (Fsp3) is 0.0455. The van der Waals surface area contributed by atoms with Gasteiger partial charge in [0.05, 0.1) is 9.79 Å². The van der Waals surface area contributed by atoms with Crippen LogP contribution in [0.25, 0.3) is 16.9 Å². The van der Waals surface area contributed by atoms with Crippen molar-refractivity contribution in [3.05, 3.63) is 87.3 Å². The summed E-state index contributed by atoms with van der Waals surface area (Å²) in [7, 11) is -3.31. The molecule has 1 heterocycles. The van der Waals surface area contributed by atoms with E-state index in [4.69, 9.17) is 11.6 Å². The molecule has 4 aromatic rings. The van der Waals surface area contributed by atoms with Gasteiger partial charge in [-0.15, -0.1) is 0 Å². The summed E-state index contributed by atoms with van der Waals surface area (Å²) >= 11 is 9.65. The molecule has 0 aliphatic carbocycles. The van der Waals surface area contributed by atoms with E-state index in [1.165, 1.54) is 24.1 Å². The standard InChI is InChI=1S/C22H15ClFIN2O2S2/c1-31(28,29)17-12-6-14(7-13-17)20-21(30-16-10-8-15(23)9-11-16)22(25)27(26-20)19-5-3-2-4-18(19)24/h2-13H,1H3. The Morgan fingerprint density at radius 3 is 2.26 bits per heavy atom. The quantitative estimate of drug-likeness (QED) is 0.252. The third kappa shape index (κ3) is 4.82. The molecule has 31 heavy (non-hydrogen) atoms. The number of halogens is 3. The molecule has 4 nitrogen and oxygen atoms in total. The lowest BCUT2D eigenvalue weighted by molar-refractivity contribution is 0.602. The van der Waals surface area contributed by atoms with Crippen molar-refractivity contribution in [1.82, 2.24) is 9.78 Å². The Balaban J connectivity index is 1.87. The minimum absolute atomic E-state index is 0.228. The monoisotopic (exact) mass is 584 g/mol. The van der Waals surface area contributed by atoms with Crippen LogP contribution in [0.1, 0.15) is 0 Å². The third-order valence-corrected chi connectivity index (χ3v) is 8.30. The predicted molar refractivity (Wildman–Crippen MR) is 130 cm³/mol. The van der Waals surface area contributed by atoms with Crippen LogP contribution in [0.15, 0.2) is 87.5 Å². The molecule has 0 aliphatic rings. The molecule has 0 atom stereocenters. The molecule has 4 rings (SSSR count). The number of para-hydroxylation sites is 1. The van der Waals surface area contributed by atoms with Crippen LogP contribution in [0.5, 0.6) is 0 Å². The van der Waals surface area contributed by atoms with Gasteiger partial charge in [0.1, 0.15) is 20.9 Å². The Labute approximate surface area is 202 Å². The molecule has 0 fully saturated rings. The van der Waals surface area contributed by atoms with Gasteiger partial charge >= 0.3 is 0 Å². The lowest BCUT2D eigenvalue weighted by Crippen LogP contribution is -2.01. The van der Waals surface area contributed by atoms with E-state index in [1.54, 1.807) is 59.3 Å². The molecular weight excluding hydrogens is 570 g/mol. The summed E-state index contributed by atoms with van der Waals surface area (Å²) in [6.07, 6.45) is 1.17. The van der Waals surface area contributed by atoms with Crippen LogP contribution >= 0.6 is 46.0 Å². The number of sulfone groups is 1. The van der Waals surface area contributed by atoms with Crippen LogP contribution < -0.4 is 0 Å². The van der Waals surface area contributed by atoms with Gasteiger partial charge in [-0.25, -0.2) is 17.5 Å². The second-order valence-corrected chi connectivity index (χ2v) is 11.2. The molecule has 0 saturated heterocycles. The highest BCUT2D eigenvalue weighted by Crippen LogP contribution is 2.40. The van der Waals surface area contributed by atoms with Crippen molar-refractivity contribution in [2.75, 3.05) is 6.26 Å². The van der Waals surface area contributed by atoms with Gasteiger partial charge in [0, 0.05) is 21.7 Å². The normalized spacial score (nSPS) is 11.6. The smallest absolute Gasteiger partial charge is 0.175 e. The van der Waals surface area contributed by atoms with Gasteiger partial charge in [-0.05, 0) is 71.1 Å². The van der Waals surface area contributed by atoms with Crippen LogP contribution in [0.2, 0.25) is 5.02 Å². The van der Waals surface area contributed by atoms with Crippen molar-refractivity contribution < 1.29 is 12.8 Å². The molecule has 0 saturated carbocycles. The van der Waals surface area contributed by atoms with Gasteiger partial charge in [-0.3, -0.25) is 0 Å². The van der Waals surface area contributed by atoms with E-state index in [2.05, 4.69) is 27.7 Å². The molecule has 1 aromatic heterocycles. The second-order valence-electron chi connectivity index (χ2n) is 6.68. The Bertz CT molecular complexity index is 1360. The van der Waals surface area contributed by atoms with E-state index >= 15 is 0 Å². The van der Waals surface area contributed by atoms with E-state index in [0.717, 1.165) is 19.1 Å². The van der Waals surface area contributed by atoms with Gasteiger partial charge in [-0.2, -0.15) is 5.10 Å². The Morgan fingerprint density at radius 2 is 1.65 bits per heavy atom. The van der Waals surface area contributed by atoms with Crippen molar-refractivity contribution in [2.45, 2.75) is 14.7 Å². The van der Waals surface area contributed by atoms with Gasteiger partial charge in [0.15, 0.2) is 9.84 Å². The first-order valence-electron chi connectivity index (χ1n) is 9.01. The molecule has 158 valence electrons. The molecule has 0 aliphatic heterocycles. The van der Waals surface area contributed by atoms with Gasteiger partial charge < -0.3 is 0 Å². The van der Waals surface area contributed by atoms with Gasteiger partial charge in [-0.1, -0.05) is 47.6 Å². The Hall–Kier alpha value is -1.88. The summed E-state index contributed by atoms with van der Waals surface area (Å²) < 4.78 is 40.4. The SMILES string of the molecule is CS(=O)(=O)c1ccc(-c2nn(-c3ccccc3F)c(I)c2Sc2ccc(Cl)cc2)cc1. The summed E-state index contributed by atoms with van der Waals surface area (Å²) in [6.45, 7) is 0. The summed E-state index contributed by atoms with van der Waals surface area (Å²) in [5.74, 6) is -0.384. The highest BCUT2D eigenvalue weighted by molar-refractivity contribution is 14.1. The molecule has 0 radical (unpaired) electrons. The van der Waals surface area contributed by atoms with Gasteiger partial charge in [0.2, 0.25) is 0 Å². The maximum absolute atomic E-state index is 14.5. The van der Waals surface area contributed by atoms with Crippen LogP contribution in [-0.4, -0.2) is 24.5 Å². The van der Waals surface area contributed by atoms with E-state index in [-0.39, 0.29) is 10.7 Å². The minimum Gasteiger partial charge on any atom is -0.224 e. The molecule has 0 N–H and O–H groups in total. The first kappa shape index (κ1) is 22.3. The number of hydrogen-bond acceptors (Lipinski definition) is 4. The number of rotatable bonds is 5. The molecule has 0 amide bonds. The lowest BCUT2D eigenvalue weighted by atomic mass is 10.2.